The van der Waals surface area contributed by atoms with Gasteiger partial charge in [0, 0.05) is 22.3 Å². The van der Waals surface area contributed by atoms with E-state index in [2.05, 4.69) is 55.8 Å². The van der Waals surface area contributed by atoms with Gasteiger partial charge in [-0.05, 0) is 30.4 Å². The van der Waals surface area contributed by atoms with E-state index in [-0.39, 0.29) is 5.41 Å². The van der Waals surface area contributed by atoms with Crippen LogP contribution in [0.15, 0.2) is 12.1 Å². The second kappa shape index (κ2) is 5.64. The van der Waals surface area contributed by atoms with Gasteiger partial charge in [0.1, 0.15) is 0 Å². The highest BCUT2D eigenvalue weighted by atomic mass is 79.9. The molecule has 1 aliphatic rings. The monoisotopic (exact) mass is 330 g/mol. The molecule has 1 aromatic heterocycles. The van der Waals surface area contributed by atoms with E-state index in [9.17, 15) is 0 Å². The summed E-state index contributed by atoms with van der Waals surface area (Å²) in [5.41, 5.74) is 0.256. The van der Waals surface area contributed by atoms with Crippen LogP contribution in [0.5, 0.6) is 0 Å². The van der Waals surface area contributed by atoms with Gasteiger partial charge in [-0.1, -0.05) is 43.6 Å². The normalized spacial score (nSPS) is 26.5. The van der Waals surface area contributed by atoms with Gasteiger partial charge in [-0.15, -0.1) is 11.3 Å². The van der Waals surface area contributed by atoms with Crippen molar-refractivity contribution >= 4 is 27.3 Å². The predicted octanol–water partition coefficient (Wildman–Crippen LogP) is 5.30. The van der Waals surface area contributed by atoms with Crippen LogP contribution in [-0.2, 0) is 10.2 Å². The standard InChI is InChI=1S/C15H23BrOS/c1-5-11-10(8-9-17-11)14(16)12-6-7-13(18-12)15(2,3)4/h6-7,10-11,14H,5,8-9H2,1-4H3. The first-order valence-corrected chi connectivity index (χ1v) is 8.52. The van der Waals surface area contributed by atoms with Crippen LogP contribution in [0.2, 0.25) is 0 Å². The maximum absolute atomic E-state index is 5.81. The first-order valence-electron chi connectivity index (χ1n) is 6.79. The minimum absolute atomic E-state index is 0.256. The van der Waals surface area contributed by atoms with Crippen molar-refractivity contribution in [1.82, 2.24) is 0 Å². The Hall–Kier alpha value is 0.140. The lowest BCUT2D eigenvalue weighted by atomic mass is 9.94. The Balaban J connectivity index is 2.14. The van der Waals surface area contributed by atoms with Crippen LogP contribution in [0.3, 0.4) is 0 Å². The van der Waals surface area contributed by atoms with Crippen molar-refractivity contribution in [1.29, 1.82) is 0 Å². The predicted molar refractivity (Wildman–Crippen MR) is 82.8 cm³/mol. The molecule has 102 valence electrons. The van der Waals surface area contributed by atoms with E-state index >= 15 is 0 Å². The molecule has 0 aromatic carbocycles. The van der Waals surface area contributed by atoms with Crippen molar-refractivity contribution in [2.24, 2.45) is 5.92 Å². The number of ether oxygens (including phenoxy) is 1. The molecule has 0 spiro atoms. The molecule has 3 unspecified atom stereocenters. The van der Waals surface area contributed by atoms with Crippen LogP contribution < -0.4 is 0 Å². The SMILES string of the molecule is CCC1OCCC1C(Br)c1ccc(C(C)(C)C)s1. The van der Waals surface area contributed by atoms with E-state index in [1.807, 2.05) is 11.3 Å². The summed E-state index contributed by atoms with van der Waals surface area (Å²) in [6, 6.07) is 4.57. The summed E-state index contributed by atoms with van der Waals surface area (Å²) in [6.45, 7) is 9.97. The van der Waals surface area contributed by atoms with Crippen LogP contribution in [0.1, 0.15) is 55.1 Å². The van der Waals surface area contributed by atoms with Crippen molar-refractivity contribution in [2.75, 3.05) is 6.61 Å². The van der Waals surface area contributed by atoms with Crippen LogP contribution in [0, 0.1) is 5.92 Å². The summed E-state index contributed by atoms with van der Waals surface area (Å²) >= 11 is 5.85. The highest BCUT2D eigenvalue weighted by molar-refractivity contribution is 9.09. The first-order chi connectivity index (χ1) is 8.43. The average molecular weight is 331 g/mol. The van der Waals surface area contributed by atoms with E-state index in [0.717, 1.165) is 13.0 Å². The third-order valence-electron chi connectivity index (χ3n) is 3.68. The molecule has 1 fully saturated rings. The molecule has 18 heavy (non-hydrogen) atoms. The van der Waals surface area contributed by atoms with Gasteiger partial charge in [0.05, 0.1) is 10.9 Å². The van der Waals surface area contributed by atoms with Gasteiger partial charge in [-0.2, -0.15) is 0 Å². The van der Waals surface area contributed by atoms with E-state index < -0.39 is 0 Å². The number of rotatable bonds is 3. The molecule has 2 rings (SSSR count). The van der Waals surface area contributed by atoms with Crippen molar-refractivity contribution in [3.05, 3.63) is 21.9 Å². The third kappa shape index (κ3) is 3.00. The van der Waals surface area contributed by atoms with Gasteiger partial charge >= 0.3 is 0 Å². The highest BCUT2D eigenvalue weighted by Crippen LogP contribution is 2.44. The minimum atomic E-state index is 0.256. The summed E-state index contributed by atoms with van der Waals surface area (Å²) in [4.78, 5) is 3.37. The summed E-state index contributed by atoms with van der Waals surface area (Å²) in [5, 5.41) is 0. The highest BCUT2D eigenvalue weighted by Gasteiger charge is 2.34. The molecule has 0 saturated carbocycles. The quantitative estimate of drug-likeness (QED) is 0.683. The molecule has 0 N–H and O–H groups in total. The van der Waals surface area contributed by atoms with E-state index in [4.69, 9.17) is 4.74 Å². The fourth-order valence-electron chi connectivity index (χ4n) is 2.54. The van der Waals surface area contributed by atoms with Gasteiger partial charge in [-0.25, -0.2) is 0 Å². The second-order valence-corrected chi connectivity index (χ2v) is 8.23. The Bertz CT molecular complexity index is 393. The summed E-state index contributed by atoms with van der Waals surface area (Å²) in [7, 11) is 0. The molecule has 2 heterocycles. The zero-order valence-corrected chi connectivity index (χ0v) is 14.1. The number of halogens is 1. The molecule has 1 aromatic rings. The molecule has 1 aliphatic heterocycles. The Morgan fingerprint density at radius 3 is 2.72 bits per heavy atom. The lowest BCUT2D eigenvalue weighted by Crippen LogP contribution is -2.18. The van der Waals surface area contributed by atoms with Gasteiger partial charge in [0.2, 0.25) is 0 Å². The molecule has 0 amide bonds. The fraction of sp³-hybridized carbons (Fsp3) is 0.733. The maximum Gasteiger partial charge on any atom is 0.0615 e. The zero-order valence-electron chi connectivity index (χ0n) is 11.7. The van der Waals surface area contributed by atoms with Crippen LogP contribution >= 0.6 is 27.3 Å². The molecule has 1 saturated heterocycles. The number of thiophene rings is 1. The van der Waals surface area contributed by atoms with Gasteiger partial charge < -0.3 is 4.74 Å². The van der Waals surface area contributed by atoms with Crippen molar-refractivity contribution in [3.8, 4) is 0 Å². The summed E-state index contributed by atoms with van der Waals surface area (Å²) in [6.07, 6.45) is 2.72. The van der Waals surface area contributed by atoms with E-state index in [1.165, 1.54) is 16.2 Å². The van der Waals surface area contributed by atoms with Crippen LogP contribution in [0.25, 0.3) is 0 Å². The zero-order chi connectivity index (χ0) is 13.3. The molecule has 0 aliphatic carbocycles. The maximum atomic E-state index is 5.81. The molecule has 1 nitrogen and oxygen atoms in total. The minimum Gasteiger partial charge on any atom is -0.378 e. The van der Waals surface area contributed by atoms with Crippen molar-refractivity contribution < 1.29 is 4.74 Å². The largest absolute Gasteiger partial charge is 0.378 e. The van der Waals surface area contributed by atoms with Gasteiger partial charge in [0.25, 0.3) is 0 Å². The van der Waals surface area contributed by atoms with E-state index in [0.29, 0.717) is 16.8 Å². The van der Waals surface area contributed by atoms with Gasteiger partial charge in [-0.3, -0.25) is 0 Å². The topological polar surface area (TPSA) is 9.23 Å². The molecular formula is C15H23BrOS. The lowest BCUT2D eigenvalue weighted by molar-refractivity contribution is 0.0874. The Morgan fingerprint density at radius 1 is 1.44 bits per heavy atom. The Morgan fingerprint density at radius 2 is 2.17 bits per heavy atom. The van der Waals surface area contributed by atoms with Crippen molar-refractivity contribution in [2.45, 2.75) is 56.9 Å². The number of hydrogen-bond acceptors (Lipinski definition) is 2. The molecular weight excluding hydrogens is 308 g/mol. The van der Waals surface area contributed by atoms with E-state index in [1.54, 1.807) is 0 Å². The fourth-order valence-corrected chi connectivity index (χ4v) is 4.69. The molecule has 0 bridgehead atoms. The third-order valence-corrected chi connectivity index (χ3v) is 6.75. The summed E-state index contributed by atoms with van der Waals surface area (Å²) in [5.74, 6) is 0.626. The molecule has 0 radical (unpaired) electrons. The van der Waals surface area contributed by atoms with Crippen LogP contribution in [-0.4, -0.2) is 12.7 Å². The smallest absolute Gasteiger partial charge is 0.0615 e. The Kier molecular flexibility index (Phi) is 4.56. The van der Waals surface area contributed by atoms with Gasteiger partial charge in [0.15, 0.2) is 0 Å². The first kappa shape index (κ1) is 14.5. The second-order valence-electron chi connectivity index (χ2n) is 6.12. The van der Waals surface area contributed by atoms with Crippen LogP contribution in [0.4, 0.5) is 0 Å². The summed E-state index contributed by atoms with van der Waals surface area (Å²) < 4.78 is 5.81. The number of alkyl halides is 1. The van der Waals surface area contributed by atoms with Crippen molar-refractivity contribution in [3.63, 3.8) is 0 Å². The average Bonchev–Trinajstić information content (AvgIpc) is 2.96. The molecule has 3 heteroatoms. The molecule has 3 atom stereocenters. The Labute approximate surface area is 123 Å². The lowest BCUT2D eigenvalue weighted by Gasteiger charge is -2.22. The number of hydrogen-bond donors (Lipinski definition) is 0.